The van der Waals surface area contributed by atoms with Crippen molar-refractivity contribution >= 4 is 0 Å². The van der Waals surface area contributed by atoms with Crippen molar-refractivity contribution in [2.24, 2.45) is 5.92 Å². The zero-order valence-corrected chi connectivity index (χ0v) is 9.90. The van der Waals surface area contributed by atoms with Crippen molar-refractivity contribution in [2.75, 3.05) is 0 Å². The van der Waals surface area contributed by atoms with Crippen LogP contribution in [0, 0.1) is 5.92 Å². The minimum absolute atomic E-state index is 0.881. The van der Waals surface area contributed by atoms with Gasteiger partial charge in [-0.1, -0.05) is 57.6 Å². The summed E-state index contributed by atoms with van der Waals surface area (Å²) in [6.45, 7) is 9.01. The van der Waals surface area contributed by atoms with Crippen LogP contribution in [0.25, 0.3) is 0 Å². The van der Waals surface area contributed by atoms with E-state index >= 15 is 0 Å². The Bertz CT molecular complexity index is 129. The van der Waals surface area contributed by atoms with Crippen molar-refractivity contribution in [1.82, 2.24) is 0 Å². The monoisotopic (exact) mass is 182 g/mol. The second kappa shape index (κ2) is 8.34. The molecular weight excluding hydrogens is 156 g/mol. The number of hydrogen-bond acceptors (Lipinski definition) is 0. The summed E-state index contributed by atoms with van der Waals surface area (Å²) in [5.41, 5.74) is 1.46. The summed E-state index contributed by atoms with van der Waals surface area (Å²) in [6.07, 6.45) is 10.7. The molecule has 0 heteroatoms. The van der Waals surface area contributed by atoms with Crippen molar-refractivity contribution in [3.05, 3.63) is 11.6 Å². The molecule has 1 unspecified atom stereocenters. The molecule has 0 bridgehead atoms. The quantitative estimate of drug-likeness (QED) is 0.386. The molecule has 13 heavy (non-hydrogen) atoms. The third kappa shape index (κ3) is 9.66. The van der Waals surface area contributed by atoms with Crippen LogP contribution in [-0.4, -0.2) is 0 Å². The van der Waals surface area contributed by atoms with Crippen LogP contribution in [-0.2, 0) is 0 Å². The Balaban J connectivity index is 3.30. The predicted octanol–water partition coefficient (Wildman–Crippen LogP) is 4.95. The average molecular weight is 182 g/mol. The molecule has 78 valence electrons. The van der Waals surface area contributed by atoms with Gasteiger partial charge < -0.3 is 0 Å². The van der Waals surface area contributed by atoms with Crippen molar-refractivity contribution in [3.8, 4) is 0 Å². The Kier molecular flexibility index (Phi) is 8.18. The van der Waals surface area contributed by atoms with Gasteiger partial charge in [0.2, 0.25) is 0 Å². The third-order valence-electron chi connectivity index (χ3n) is 2.48. The van der Waals surface area contributed by atoms with E-state index in [9.17, 15) is 0 Å². The lowest BCUT2D eigenvalue weighted by atomic mass is 9.98. The lowest BCUT2D eigenvalue weighted by Gasteiger charge is -2.08. The molecule has 0 radical (unpaired) electrons. The van der Waals surface area contributed by atoms with Gasteiger partial charge in [-0.15, -0.1) is 0 Å². The smallest absolute Gasteiger partial charge is 0.0322 e. The maximum atomic E-state index is 2.37. The highest BCUT2D eigenvalue weighted by Crippen LogP contribution is 2.14. The molecule has 0 rings (SSSR count). The molecule has 0 amide bonds. The van der Waals surface area contributed by atoms with E-state index in [1.54, 1.807) is 0 Å². The molecule has 0 saturated heterocycles. The molecule has 0 spiro atoms. The number of hydrogen-bond donors (Lipinski definition) is 0. The van der Waals surface area contributed by atoms with E-state index in [1.807, 2.05) is 0 Å². The van der Waals surface area contributed by atoms with Crippen LogP contribution in [0.4, 0.5) is 0 Å². The summed E-state index contributed by atoms with van der Waals surface area (Å²) in [5, 5.41) is 0. The Hall–Kier alpha value is -0.260. The van der Waals surface area contributed by atoms with Crippen LogP contribution in [0.2, 0.25) is 0 Å². The van der Waals surface area contributed by atoms with E-state index in [4.69, 9.17) is 0 Å². The molecular formula is C13H26. The second-order valence-corrected chi connectivity index (χ2v) is 4.47. The first-order chi connectivity index (χ1) is 6.16. The van der Waals surface area contributed by atoms with Gasteiger partial charge >= 0.3 is 0 Å². The molecule has 0 N–H and O–H groups in total. The van der Waals surface area contributed by atoms with E-state index < -0.39 is 0 Å². The van der Waals surface area contributed by atoms with E-state index in [0.717, 1.165) is 5.92 Å². The van der Waals surface area contributed by atoms with Gasteiger partial charge in [0.05, 0.1) is 0 Å². The third-order valence-corrected chi connectivity index (χ3v) is 2.48. The van der Waals surface area contributed by atoms with E-state index in [-0.39, 0.29) is 0 Å². The molecule has 0 saturated carbocycles. The van der Waals surface area contributed by atoms with Crippen LogP contribution in [0.3, 0.4) is 0 Å². The summed E-state index contributed by atoms with van der Waals surface area (Å²) < 4.78 is 0. The Labute approximate surface area is 84.4 Å². The van der Waals surface area contributed by atoms with Gasteiger partial charge in [-0.2, -0.15) is 0 Å². The Morgan fingerprint density at radius 1 is 1.15 bits per heavy atom. The fraction of sp³-hybridized carbons (Fsp3) is 0.846. The first kappa shape index (κ1) is 12.7. The summed E-state index contributed by atoms with van der Waals surface area (Å²) in [7, 11) is 0. The molecule has 0 nitrogen and oxygen atoms in total. The van der Waals surface area contributed by atoms with Crippen molar-refractivity contribution < 1.29 is 0 Å². The van der Waals surface area contributed by atoms with Gasteiger partial charge in [-0.05, 0) is 26.2 Å². The predicted molar refractivity (Wildman–Crippen MR) is 62.0 cm³/mol. The van der Waals surface area contributed by atoms with Gasteiger partial charge in [0, 0.05) is 0 Å². The maximum Gasteiger partial charge on any atom is -0.0322 e. The molecule has 0 aromatic carbocycles. The highest BCUT2D eigenvalue weighted by molar-refractivity contribution is 4.93. The number of unbranched alkanes of at least 4 members (excludes halogenated alkanes) is 3. The fourth-order valence-corrected chi connectivity index (χ4v) is 1.47. The van der Waals surface area contributed by atoms with Crippen LogP contribution in [0.15, 0.2) is 11.6 Å². The topological polar surface area (TPSA) is 0 Å². The van der Waals surface area contributed by atoms with Gasteiger partial charge in [0.1, 0.15) is 0 Å². The van der Waals surface area contributed by atoms with Crippen molar-refractivity contribution in [1.29, 1.82) is 0 Å². The molecule has 0 aliphatic carbocycles. The maximum absolute atomic E-state index is 2.37. The van der Waals surface area contributed by atoms with Gasteiger partial charge in [0.25, 0.3) is 0 Å². The zero-order valence-electron chi connectivity index (χ0n) is 9.90. The van der Waals surface area contributed by atoms with Crippen LogP contribution < -0.4 is 0 Å². The molecule has 0 aliphatic heterocycles. The molecule has 0 fully saturated rings. The highest BCUT2D eigenvalue weighted by atomic mass is 14.0. The van der Waals surface area contributed by atoms with Crippen LogP contribution >= 0.6 is 0 Å². The van der Waals surface area contributed by atoms with Gasteiger partial charge in [0.15, 0.2) is 0 Å². The average Bonchev–Trinajstić information content (AvgIpc) is 2.09. The summed E-state index contributed by atoms with van der Waals surface area (Å²) in [5.74, 6) is 0.881. The Morgan fingerprint density at radius 3 is 2.38 bits per heavy atom. The molecule has 0 aromatic rings. The standard InChI is InChI=1S/C13H26/c1-5-6-7-8-9-13(4)11-10-12(2)3/h10,13H,5-9,11H2,1-4H3. The minimum atomic E-state index is 0.881. The van der Waals surface area contributed by atoms with E-state index in [1.165, 1.54) is 44.1 Å². The second-order valence-electron chi connectivity index (χ2n) is 4.47. The molecule has 0 aromatic heterocycles. The summed E-state index contributed by atoms with van der Waals surface area (Å²) in [6, 6.07) is 0. The molecule has 1 atom stereocenters. The summed E-state index contributed by atoms with van der Waals surface area (Å²) >= 11 is 0. The minimum Gasteiger partial charge on any atom is -0.0856 e. The first-order valence-electron chi connectivity index (χ1n) is 5.80. The van der Waals surface area contributed by atoms with Crippen LogP contribution in [0.1, 0.15) is 66.2 Å². The summed E-state index contributed by atoms with van der Waals surface area (Å²) in [4.78, 5) is 0. The largest absolute Gasteiger partial charge is 0.0856 e. The number of rotatable bonds is 7. The first-order valence-corrected chi connectivity index (χ1v) is 5.80. The number of allylic oxidation sites excluding steroid dienone is 2. The molecule has 0 heterocycles. The van der Waals surface area contributed by atoms with Crippen molar-refractivity contribution in [2.45, 2.75) is 66.2 Å². The lowest BCUT2D eigenvalue weighted by Crippen LogP contribution is -1.92. The van der Waals surface area contributed by atoms with E-state index in [0.29, 0.717) is 0 Å². The molecule has 0 aliphatic rings. The lowest BCUT2D eigenvalue weighted by molar-refractivity contribution is 0.493. The van der Waals surface area contributed by atoms with Crippen molar-refractivity contribution in [3.63, 3.8) is 0 Å². The SMILES string of the molecule is CCCCCCC(C)CC=C(C)C. The van der Waals surface area contributed by atoms with Crippen LogP contribution in [0.5, 0.6) is 0 Å². The fourth-order valence-electron chi connectivity index (χ4n) is 1.47. The van der Waals surface area contributed by atoms with Gasteiger partial charge in [-0.3, -0.25) is 0 Å². The van der Waals surface area contributed by atoms with Gasteiger partial charge in [-0.25, -0.2) is 0 Å². The normalized spacial score (nSPS) is 12.6. The zero-order chi connectivity index (χ0) is 10.1. The highest BCUT2D eigenvalue weighted by Gasteiger charge is 1.98. The van der Waals surface area contributed by atoms with E-state index in [2.05, 4.69) is 33.8 Å². The Morgan fingerprint density at radius 2 is 1.85 bits per heavy atom.